The van der Waals surface area contributed by atoms with Crippen molar-refractivity contribution in [2.24, 2.45) is 5.41 Å². The van der Waals surface area contributed by atoms with Gasteiger partial charge in [-0.3, -0.25) is 4.79 Å². The van der Waals surface area contributed by atoms with Crippen LogP contribution in [0.5, 0.6) is 0 Å². The Morgan fingerprint density at radius 3 is 2.25 bits per heavy atom. The van der Waals surface area contributed by atoms with Gasteiger partial charge in [-0.1, -0.05) is 28.1 Å². The average Bonchev–Trinajstić information content (AvgIpc) is 2.59. The van der Waals surface area contributed by atoms with E-state index in [1.807, 2.05) is 0 Å². The zero-order chi connectivity index (χ0) is 21.5. The monoisotopic (exact) mass is 472 g/mol. The Bertz CT molecular complexity index is 884. The Morgan fingerprint density at radius 1 is 1.18 bits per heavy atom. The molecule has 0 bridgehead atoms. The smallest absolute Gasteiger partial charge is 0.416 e. The minimum absolute atomic E-state index is 0.300. The number of methoxy groups -OCH3 is 1. The number of ether oxygens (including phenoxy) is 1. The van der Waals surface area contributed by atoms with E-state index in [-0.39, 0.29) is 5.56 Å². The van der Waals surface area contributed by atoms with Crippen LogP contribution in [-0.2, 0) is 20.5 Å². The summed E-state index contributed by atoms with van der Waals surface area (Å²) in [6.45, 7) is 0. The SMILES string of the molecule is COC(=O)C1(C(F)(F)F)CC(c2cccc(C(F)(F)F)c2)=CC(C(=O)O)=C1Br. The highest BCUT2D eigenvalue weighted by atomic mass is 79.9. The third kappa shape index (κ3) is 3.67. The summed E-state index contributed by atoms with van der Waals surface area (Å²) in [7, 11) is 0.693. The molecule has 0 spiro atoms. The minimum Gasteiger partial charge on any atom is -0.478 e. The van der Waals surface area contributed by atoms with Crippen LogP contribution in [0.1, 0.15) is 17.5 Å². The maximum absolute atomic E-state index is 13.9. The van der Waals surface area contributed by atoms with Crippen LogP contribution in [0.25, 0.3) is 5.57 Å². The van der Waals surface area contributed by atoms with Gasteiger partial charge in [0.2, 0.25) is 0 Å². The van der Waals surface area contributed by atoms with Crippen LogP contribution >= 0.6 is 15.9 Å². The maximum Gasteiger partial charge on any atom is 0.416 e. The number of aliphatic carboxylic acids is 1. The molecule has 0 saturated carbocycles. The van der Waals surface area contributed by atoms with Crippen molar-refractivity contribution in [2.45, 2.75) is 18.8 Å². The molecule has 4 nitrogen and oxygen atoms in total. The van der Waals surface area contributed by atoms with Crippen molar-refractivity contribution in [3.63, 3.8) is 0 Å². The van der Waals surface area contributed by atoms with E-state index < -0.39 is 57.3 Å². The molecule has 1 N–H and O–H groups in total. The van der Waals surface area contributed by atoms with Crippen LogP contribution in [0.15, 0.2) is 40.4 Å². The fourth-order valence-electron chi connectivity index (χ4n) is 2.79. The first-order valence-corrected chi connectivity index (χ1v) is 8.22. The van der Waals surface area contributed by atoms with E-state index >= 15 is 0 Å². The van der Waals surface area contributed by atoms with Crippen molar-refractivity contribution >= 4 is 33.4 Å². The quantitative estimate of drug-likeness (QED) is 0.499. The van der Waals surface area contributed by atoms with Gasteiger partial charge in [0.15, 0.2) is 5.41 Å². The summed E-state index contributed by atoms with van der Waals surface area (Å²) in [5, 5.41) is 9.28. The number of carbonyl (C=O) groups excluding carboxylic acids is 1. The zero-order valence-electron chi connectivity index (χ0n) is 13.9. The molecule has 0 radical (unpaired) electrons. The summed E-state index contributed by atoms with van der Waals surface area (Å²) in [4.78, 5) is 23.6. The van der Waals surface area contributed by atoms with Crippen LogP contribution in [0.2, 0.25) is 0 Å². The van der Waals surface area contributed by atoms with E-state index in [1.54, 1.807) is 0 Å². The molecule has 0 amide bonds. The van der Waals surface area contributed by atoms with Crippen molar-refractivity contribution in [1.29, 1.82) is 0 Å². The molecule has 152 valence electrons. The van der Waals surface area contributed by atoms with Gasteiger partial charge in [-0.05, 0) is 29.3 Å². The first-order chi connectivity index (χ1) is 12.8. The Balaban J connectivity index is 2.77. The van der Waals surface area contributed by atoms with Crippen molar-refractivity contribution < 1.29 is 45.8 Å². The number of benzene rings is 1. The van der Waals surface area contributed by atoms with Gasteiger partial charge in [0, 0.05) is 10.9 Å². The summed E-state index contributed by atoms with van der Waals surface area (Å²) < 4.78 is 83.8. The molecule has 0 aliphatic heterocycles. The third-order valence-electron chi connectivity index (χ3n) is 4.19. The van der Waals surface area contributed by atoms with Gasteiger partial charge in [-0.15, -0.1) is 0 Å². The molecule has 1 aromatic carbocycles. The van der Waals surface area contributed by atoms with Crippen LogP contribution in [0.3, 0.4) is 0 Å². The number of hydrogen-bond donors (Lipinski definition) is 1. The van der Waals surface area contributed by atoms with Crippen molar-refractivity contribution in [2.75, 3.05) is 7.11 Å². The standard InChI is InChI=1S/C17H11BrF6O4/c1-28-14(27)15(17(22,23)24)7-9(6-11(12(15)18)13(25)26)8-3-2-4-10(5-8)16(19,20)21/h2-6H,7H2,1H3,(H,25,26). The van der Waals surface area contributed by atoms with Gasteiger partial charge in [-0.25, -0.2) is 4.79 Å². The topological polar surface area (TPSA) is 63.6 Å². The Kier molecular flexibility index (Phi) is 5.71. The minimum atomic E-state index is -5.29. The van der Waals surface area contributed by atoms with E-state index in [0.29, 0.717) is 19.2 Å². The maximum atomic E-state index is 13.9. The Hall–Kier alpha value is -2.30. The molecule has 1 atom stereocenters. The van der Waals surface area contributed by atoms with Crippen molar-refractivity contribution in [3.8, 4) is 0 Å². The summed E-state index contributed by atoms with van der Waals surface area (Å²) in [5.41, 5.74) is -6.16. The third-order valence-corrected chi connectivity index (χ3v) is 5.30. The van der Waals surface area contributed by atoms with Crippen molar-refractivity contribution in [1.82, 2.24) is 0 Å². The fourth-order valence-corrected chi connectivity index (χ4v) is 3.61. The summed E-state index contributed by atoms with van der Waals surface area (Å²) in [6.07, 6.45) is -10.4. The second-order valence-corrected chi connectivity index (χ2v) is 6.65. The normalized spacial score (nSPS) is 20.6. The summed E-state index contributed by atoms with van der Waals surface area (Å²) >= 11 is 2.56. The molecule has 0 fully saturated rings. The lowest BCUT2D eigenvalue weighted by Crippen LogP contribution is -2.48. The predicted octanol–water partition coefficient (Wildman–Crippen LogP) is 4.95. The number of carbonyl (C=O) groups is 2. The molecule has 1 unspecified atom stereocenters. The van der Waals surface area contributed by atoms with Crippen LogP contribution in [0, 0.1) is 5.41 Å². The highest BCUT2D eigenvalue weighted by Gasteiger charge is 2.65. The van der Waals surface area contributed by atoms with Gasteiger partial charge in [0.05, 0.1) is 18.2 Å². The molecule has 11 heteroatoms. The summed E-state index contributed by atoms with van der Waals surface area (Å²) in [5.74, 6) is -3.59. The molecule has 2 rings (SSSR count). The Labute approximate surface area is 162 Å². The van der Waals surface area contributed by atoms with Gasteiger partial charge in [0.25, 0.3) is 0 Å². The molecule has 1 aromatic rings. The van der Waals surface area contributed by atoms with E-state index in [4.69, 9.17) is 0 Å². The predicted molar refractivity (Wildman–Crippen MR) is 88.1 cm³/mol. The number of carboxylic acids is 1. The lowest BCUT2D eigenvalue weighted by molar-refractivity contribution is -0.219. The van der Waals surface area contributed by atoms with Gasteiger partial charge < -0.3 is 9.84 Å². The van der Waals surface area contributed by atoms with E-state index in [1.165, 1.54) is 0 Å². The van der Waals surface area contributed by atoms with Gasteiger partial charge in [-0.2, -0.15) is 26.3 Å². The van der Waals surface area contributed by atoms with Gasteiger partial charge in [0.1, 0.15) is 0 Å². The number of carboxylic acid groups (broad SMARTS) is 1. The number of allylic oxidation sites excluding steroid dienone is 1. The number of alkyl halides is 6. The van der Waals surface area contributed by atoms with Gasteiger partial charge >= 0.3 is 24.3 Å². The first-order valence-electron chi connectivity index (χ1n) is 7.42. The largest absolute Gasteiger partial charge is 0.478 e. The average molecular weight is 473 g/mol. The highest BCUT2D eigenvalue weighted by Crippen LogP contribution is 2.56. The van der Waals surface area contributed by atoms with Crippen LogP contribution in [0.4, 0.5) is 26.3 Å². The van der Waals surface area contributed by atoms with E-state index in [0.717, 1.165) is 18.2 Å². The molecule has 1 aliphatic carbocycles. The second-order valence-electron chi connectivity index (χ2n) is 5.85. The fraction of sp³-hybridized carbons (Fsp3) is 0.294. The first kappa shape index (κ1) is 22.0. The molecule has 0 heterocycles. The lowest BCUT2D eigenvalue weighted by Gasteiger charge is -2.36. The van der Waals surface area contributed by atoms with Crippen molar-refractivity contribution in [3.05, 3.63) is 51.5 Å². The number of rotatable bonds is 3. The number of halogens is 7. The van der Waals surface area contributed by atoms with Crippen LogP contribution in [-0.4, -0.2) is 30.3 Å². The number of esters is 1. The lowest BCUT2D eigenvalue weighted by atomic mass is 9.73. The molecule has 0 saturated heterocycles. The molecular weight excluding hydrogens is 462 g/mol. The zero-order valence-corrected chi connectivity index (χ0v) is 15.5. The molecule has 0 aromatic heterocycles. The second kappa shape index (κ2) is 7.26. The molecule has 1 aliphatic rings. The van der Waals surface area contributed by atoms with Crippen LogP contribution < -0.4 is 0 Å². The molecular formula is C17H11BrF6O4. The highest BCUT2D eigenvalue weighted by molar-refractivity contribution is 9.11. The number of hydrogen-bond acceptors (Lipinski definition) is 3. The Morgan fingerprint density at radius 2 is 1.79 bits per heavy atom. The van der Waals surface area contributed by atoms with E-state index in [2.05, 4.69) is 20.7 Å². The van der Waals surface area contributed by atoms with E-state index in [9.17, 15) is 41.0 Å². The molecule has 28 heavy (non-hydrogen) atoms. The summed E-state index contributed by atoms with van der Waals surface area (Å²) in [6, 6.07) is 3.37.